The molecule has 0 atom stereocenters. The quantitative estimate of drug-likeness (QED) is 0.868. The zero-order chi connectivity index (χ0) is 16.7. The van der Waals surface area contributed by atoms with Crippen LogP contribution in [0.2, 0.25) is 0 Å². The zero-order valence-electron chi connectivity index (χ0n) is 14.0. The van der Waals surface area contributed by atoms with Crippen LogP contribution in [-0.2, 0) is 0 Å². The molecule has 0 aliphatic carbocycles. The molecule has 0 saturated carbocycles. The number of nitrogens with one attached hydrogen (secondary N) is 1. The molecule has 1 aromatic carbocycles. The maximum Gasteiger partial charge on any atom is 0.134 e. The van der Waals surface area contributed by atoms with Crippen molar-refractivity contribution in [2.45, 2.75) is 19.4 Å². The molecule has 0 radical (unpaired) electrons. The Balaban J connectivity index is 1.47. The molecule has 4 rings (SSSR count). The first-order valence-electron chi connectivity index (χ1n) is 8.16. The number of fused-ring (bicyclic) bond motifs is 1. The monoisotopic (exact) mass is 346 g/mol. The molecule has 0 unspecified atom stereocenters. The normalized spacial score (nSPS) is 19.9. The van der Waals surface area contributed by atoms with Crippen LogP contribution in [0.4, 0.5) is 0 Å². The molecular weight excluding hydrogens is 324 g/mol. The maximum absolute atomic E-state index is 9.76. The van der Waals surface area contributed by atoms with Crippen molar-refractivity contribution in [3.05, 3.63) is 40.6 Å². The SMILES string of the molecule is CC1=C(COc2ccc3oc(C)cc3c2)SCN1C1(CO)CNC1. The number of furan rings is 1. The van der Waals surface area contributed by atoms with Gasteiger partial charge in [0.2, 0.25) is 0 Å². The van der Waals surface area contributed by atoms with Crippen LogP contribution in [0, 0.1) is 6.92 Å². The molecule has 0 amide bonds. The summed E-state index contributed by atoms with van der Waals surface area (Å²) in [5.41, 5.74) is 1.97. The van der Waals surface area contributed by atoms with E-state index in [9.17, 15) is 5.11 Å². The molecule has 6 heteroatoms. The van der Waals surface area contributed by atoms with E-state index in [0.29, 0.717) is 6.61 Å². The van der Waals surface area contributed by atoms with Gasteiger partial charge in [0.25, 0.3) is 0 Å². The van der Waals surface area contributed by atoms with Gasteiger partial charge in [0.1, 0.15) is 23.7 Å². The van der Waals surface area contributed by atoms with Crippen LogP contribution in [-0.4, -0.2) is 47.7 Å². The summed E-state index contributed by atoms with van der Waals surface area (Å²) >= 11 is 1.80. The molecule has 2 aliphatic heterocycles. The van der Waals surface area contributed by atoms with Gasteiger partial charge in [-0.3, -0.25) is 0 Å². The zero-order valence-corrected chi connectivity index (χ0v) is 14.8. The summed E-state index contributed by atoms with van der Waals surface area (Å²) in [7, 11) is 0. The Morgan fingerprint density at radius 3 is 2.88 bits per heavy atom. The lowest BCUT2D eigenvalue weighted by Crippen LogP contribution is -2.69. The molecule has 24 heavy (non-hydrogen) atoms. The number of aliphatic hydroxyl groups is 1. The minimum Gasteiger partial charge on any atom is -0.488 e. The van der Waals surface area contributed by atoms with Gasteiger partial charge in [-0.15, -0.1) is 11.8 Å². The highest BCUT2D eigenvalue weighted by molar-refractivity contribution is 8.03. The van der Waals surface area contributed by atoms with Crippen molar-refractivity contribution in [3.8, 4) is 5.75 Å². The van der Waals surface area contributed by atoms with Crippen LogP contribution in [0.25, 0.3) is 11.0 Å². The topological polar surface area (TPSA) is 57.9 Å². The van der Waals surface area contributed by atoms with E-state index >= 15 is 0 Å². The van der Waals surface area contributed by atoms with Gasteiger partial charge >= 0.3 is 0 Å². The molecule has 2 N–H and O–H groups in total. The molecule has 2 aromatic rings. The average Bonchev–Trinajstić information content (AvgIpc) is 3.07. The second kappa shape index (κ2) is 6.02. The molecule has 2 aliphatic rings. The molecule has 3 heterocycles. The lowest BCUT2D eigenvalue weighted by molar-refractivity contribution is 0.0262. The Kier molecular flexibility index (Phi) is 3.98. The first-order valence-corrected chi connectivity index (χ1v) is 9.15. The van der Waals surface area contributed by atoms with Crippen molar-refractivity contribution in [2.75, 3.05) is 32.2 Å². The molecule has 128 valence electrons. The van der Waals surface area contributed by atoms with Crippen LogP contribution in [0.15, 0.2) is 39.3 Å². The van der Waals surface area contributed by atoms with Crippen LogP contribution in [0.1, 0.15) is 12.7 Å². The van der Waals surface area contributed by atoms with E-state index in [4.69, 9.17) is 9.15 Å². The van der Waals surface area contributed by atoms with E-state index < -0.39 is 0 Å². The molecule has 0 bridgehead atoms. The third kappa shape index (κ3) is 2.59. The largest absolute Gasteiger partial charge is 0.488 e. The first-order chi connectivity index (χ1) is 11.6. The molecule has 1 fully saturated rings. The summed E-state index contributed by atoms with van der Waals surface area (Å²) in [5, 5.41) is 14.1. The van der Waals surface area contributed by atoms with Crippen LogP contribution < -0.4 is 10.1 Å². The van der Waals surface area contributed by atoms with Gasteiger partial charge in [0.05, 0.1) is 18.0 Å². The fourth-order valence-corrected chi connectivity index (χ4v) is 4.54. The first kappa shape index (κ1) is 15.9. The molecule has 0 spiro atoms. The van der Waals surface area contributed by atoms with Crippen LogP contribution >= 0.6 is 11.8 Å². The summed E-state index contributed by atoms with van der Waals surface area (Å²) in [4.78, 5) is 3.55. The predicted molar refractivity (Wildman–Crippen MR) is 96.1 cm³/mol. The number of thioether (sulfide) groups is 1. The highest BCUT2D eigenvalue weighted by Gasteiger charge is 2.44. The standard InChI is InChI=1S/C18H22N2O3S/c1-12-5-14-6-15(3-4-16(14)23-12)22-7-17-13(2)20(11-24-17)18(10-21)8-19-9-18/h3-6,19,21H,7-11H2,1-2H3. The van der Waals surface area contributed by atoms with Crippen molar-refractivity contribution >= 4 is 22.7 Å². The second-order valence-electron chi connectivity index (χ2n) is 6.54. The lowest BCUT2D eigenvalue weighted by atomic mass is 9.91. The van der Waals surface area contributed by atoms with Crippen molar-refractivity contribution in [1.82, 2.24) is 10.2 Å². The van der Waals surface area contributed by atoms with Crippen LogP contribution in [0.3, 0.4) is 0 Å². The highest BCUT2D eigenvalue weighted by atomic mass is 32.2. The number of aryl methyl sites for hydroxylation is 1. The Hall–Kier alpha value is -1.63. The van der Waals surface area contributed by atoms with Crippen molar-refractivity contribution < 1.29 is 14.3 Å². The number of ether oxygens (including phenoxy) is 1. The van der Waals surface area contributed by atoms with Gasteiger partial charge < -0.3 is 24.5 Å². The number of nitrogens with zero attached hydrogens (tertiary/aromatic N) is 1. The van der Waals surface area contributed by atoms with E-state index in [-0.39, 0.29) is 12.1 Å². The minimum atomic E-state index is -0.133. The third-order valence-electron chi connectivity index (χ3n) is 4.93. The summed E-state index contributed by atoms with van der Waals surface area (Å²) in [6.07, 6.45) is 0. The Bertz CT molecular complexity index is 789. The maximum atomic E-state index is 9.76. The number of rotatable bonds is 5. The summed E-state index contributed by atoms with van der Waals surface area (Å²) < 4.78 is 11.6. The van der Waals surface area contributed by atoms with E-state index in [2.05, 4.69) is 17.1 Å². The number of benzene rings is 1. The smallest absolute Gasteiger partial charge is 0.134 e. The van der Waals surface area contributed by atoms with Gasteiger partial charge in [-0.1, -0.05) is 0 Å². The van der Waals surface area contributed by atoms with Crippen LogP contribution in [0.5, 0.6) is 5.75 Å². The Morgan fingerprint density at radius 2 is 2.17 bits per heavy atom. The average molecular weight is 346 g/mol. The van der Waals surface area contributed by atoms with Gasteiger partial charge in [0.15, 0.2) is 0 Å². The summed E-state index contributed by atoms with van der Waals surface area (Å²) in [5.74, 6) is 2.64. The van der Waals surface area contributed by atoms with Gasteiger partial charge in [-0.05, 0) is 38.1 Å². The lowest BCUT2D eigenvalue weighted by Gasteiger charge is -2.49. The molecule has 1 saturated heterocycles. The number of hydrogen-bond donors (Lipinski definition) is 2. The van der Waals surface area contributed by atoms with E-state index in [1.54, 1.807) is 11.8 Å². The van der Waals surface area contributed by atoms with E-state index in [1.807, 2.05) is 31.2 Å². The highest BCUT2D eigenvalue weighted by Crippen LogP contribution is 2.38. The molecular formula is C18H22N2O3S. The number of allylic oxidation sites excluding steroid dienone is 1. The predicted octanol–water partition coefficient (Wildman–Crippen LogP) is 2.69. The Morgan fingerprint density at radius 1 is 1.33 bits per heavy atom. The van der Waals surface area contributed by atoms with Gasteiger partial charge in [0, 0.05) is 29.1 Å². The van der Waals surface area contributed by atoms with E-state index in [0.717, 1.165) is 41.4 Å². The fraction of sp³-hybridized carbons (Fsp3) is 0.444. The fourth-order valence-electron chi connectivity index (χ4n) is 3.33. The van der Waals surface area contributed by atoms with Crippen molar-refractivity contribution in [3.63, 3.8) is 0 Å². The number of aliphatic hydroxyl groups excluding tert-OH is 1. The summed E-state index contributed by atoms with van der Waals surface area (Å²) in [6, 6.07) is 7.94. The third-order valence-corrected chi connectivity index (χ3v) is 6.08. The molecule has 5 nitrogen and oxygen atoms in total. The van der Waals surface area contributed by atoms with Crippen molar-refractivity contribution in [2.24, 2.45) is 0 Å². The van der Waals surface area contributed by atoms with Gasteiger partial charge in [-0.2, -0.15) is 0 Å². The molecule has 1 aromatic heterocycles. The van der Waals surface area contributed by atoms with Crippen molar-refractivity contribution in [1.29, 1.82) is 0 Å². The van der Waals surface area contributed by atoms with Gasteiger partial charge in [-0.25, -0.2) is 0 Å². The Labute approximate surface area is 145 Å². The minimum absolute atomic E-state index is 0.133. The summed E-state index contributed by atoms with van der Waals surface area (Å²) in [6.45, 7) is 6.49. The second-order valence-corrected chi connectivity index (χ2v) is 7.58. The number of hydrogen-bond acceptors (Lipinski definition) is 6. The van der Waals surface area contributed by atoms with E-state index in [1.165, 1.54) is 10.6 Å².